The van der Waals surface area contributed by atoms with E-state index in [9.17, 15) is 28.5 Å². The zero-order chi connectivity index (χ0) is 16.0. The van der Waals surface area contributed by atoms with Gasteiger partial charge in [0.1, 0.15) is 5.82 Å². The molecular weight excluding hydrogens is 290 g/mol. The molecule has 0 aromatic heterocycles. The van der Waals surface area contributed by atoms with E-state index >= 15 is 0 Å². The van der Waals surface area contributed by atoms with Crippen molar-refractivity contribution in [3.63, 3.8) is 0 Å². The number of nitro benzene ring substituents is 1. The van der Waals surface area contributed by atoms with Crippen LogP contribution in [0.3, 0.4) is 0 Å². The molecule has 0 atom stereocenters. The third-order valence-corrected chi connectivity index (χ3v) is 2.40. The van der Waals surface area contributed by atoms with Gasteiger partial charge in [0, 0.05) is 6.54 Å². The van der Waals surface area contributed by atoms with Crippen molar-refractivity contribution in [1.29, 1.82) is 0 Å². The van der Waals surface area contributed by atoms with Gasteiger partial charge in [-0.05, 0) is 13.0 Å². The number of carbonyl (C=O) groups is 2. The van der Waals surface area contributed by atoms with E-state index in [1.54, 1.807) is 6.92 Å². The minimum absolute atomic E-state index is 0.128. The molecule has 0 heterocycles. The molecule has 114 valence electrons. The number of ether oxygens (including phenoxy) is 1. The minimum Gasteiger partial charge on any atom is -0.466 e. The zero-order valence-electron chi connectivity index (χ0n) is 11.0. The molecule has 1 N–H and O–H groups in total. The molecule has 0 spiro atoms. The Morgan fingerprint density at radius 3 is 2.57 bits per heavy atom. The van der Waals surface area contributed by atoms with Crippen molar-refractivity contribution >= 4 is 17.6 Å². The monoisotopic (exact) mass is 302 g/mol. The van der Waals surface area contributed by atoms with Crippen molar-refractivity contribution < 1.29 is 28.0 Å². The van der Waals surface area contributed by atoms with Crippen molar-refractivity contribution in [3.05, 3.63) is 39.4 Å². The number of rotatable bonds is 6. The normalized spacial score (nSPS) is 10.0. The average molecular weight is 302 g/mol. The third-order valence-electron chi connectivity index (χ3n) is 2.40. The lowest BCUT2D eigenvalue weighted by molar-refractivity contribution is -0.387. The number of hydrogen-bond donors (Lipinski definition) is 1. The molecule has 7 nitrogen and oxygen atoms in total. The summed E-state index contributed by atoms with van der Waals surface area (Å²) >= 11 is 0. The third kappa shape index (κ3) is 4.48. The summed E-state index contributed by atoms with van der Waals surface area (Å²) in [5, 5.41) is 12.6. The number of halogens is 2. The van der Waals surface area contributed by atoms with Gasteiger partial charge < -0.3 is 10.1 Å². The molecule has 0 aliphatic rings. The van der Waals surface area contributed by atoms with Crippen molar-refractivity contribution in [2.24, 2.45) is 0 Å². The summed E-state index contributed by atoms with van der Waals surface area (Å²) < 4.78 is 31.5. The van der Waals surface area contributed by atoms with E-state index in [0.29, 0.717) is 12.1 Å². The van der Waals surface area contributed by atoms with Crippen LogP contribution in [0.15, 0.2) is 12.1 Å². The Morgan fingerprint density at radius 2 is 2.00 bits per heavy atom. The summed E-state index contributed by atoms with van der Waals surface area (Å²) in [7, 11) is 0. The van der Waals surface area contributed by atoms with Crippen LogP contribution in [0.2, 0.25) is 0 Å². The highest BCUT2D eigenvalue weighted by Crippen LogP contribution is 2.21. The standard InChI is InChI=1S/C12H12F2N2O5/c1-2-21-11(17)3-4-15-12(18)7-5-9(14)10(16(19)20)6-8(7)13/h5-6H,2-4H2,1H3,(H,15,18). The minimum atomic E-state index is -1.32. The Kier molecular flexibility index (Phi) is 5.70. The van der Waals surface area contributed by atoms with Crippen LogP contribution in [0.5, 0.6) is 0 Å². The largest absolute Gasteiger partial charge is 0.466 e. The van der Waals surface area contributed by atoms with Gasteiger partial charge in [0.05, 0.1) is 29.6 Å². The van der Waals surface area contributed by atoms with Crippen molar-refractivity contribution in [3.8, 4) is 0 Å². The predicted molar refractivity (Wildman–Crippen MR) is 66.6 cm³/mol. The smallest absolute Gasteiger partial charge is 0.307 e. The molecule has 1 amide bonds. The molecule has 1 aromatic rings. The predicted octanol–water partition coefficient (Wildman–Crippen LogP) is 1.56. The van der Waals surface area contributed by atoms with Crippen LogP contribution in [0.25, 0.3) is 0 Å². The first-order valence-electron chi connectivity index (χ1n) is 5.94. The Balaban J connectivity index is 2.73. The molecule has 0 radical (unpaired) electrons. The van der Waals surface area contributed by atoms with Gasteiger partial charge in [0.15, 0.2) is 0 Å². The molecule has 0 bridgehead atoms. The van der Waals surface area contributed by atoms with Crippen LogP contribution >= 0.6 is 0 Å². The molecular formula is C12H12F2N2O5. The molecule has 0 fully saturated rings. The highest BCUT2D eigenvalue weighted by Gasteiger charge is 2.21. The van der Waals surface area contributed by atoms with E-state index in [1.165, 1.54) is 0 Å². The second kappa shape index (κ2) is 7.27. The van der Waals surface area contributed by atoms with Gasteiger partial charge >= 0.3 is 11.7 Å². The SMILES string of the molecule is CCOC(=O)CCNC(=O)c1cc(F)c([N+](=O)[O-])cc1F. The molecule has 1 aromatic carbocycles. The maximum absolute atomic E-state index is 13.5. The quantitative estimate of drug-likeness (QED) is 0.488. The first-order chi connectivity index (χ1) is 9.86. The van der Waals surface area contributed by atoms with Gasteiger partial charge in [-0.2, -0.15) is 4.39 Å². The number of amides is 1. The van der Waals surface area contributed by atoms with E-state index in [2.05, 4.69) is 10.1 Å². The Labute approximate surface area is 118 Å². The van der Waals surface area contributed by atoms with Gasteiger partial charge in [0.25, 0.3) is 5.91 Å². The molecule has 1 rings (SSSR count). The van der Waals surface area contributed by atoms with E-state index in [1.807, 2.05) is 0 Å². The molecule has 0 unspecified atom stereocenters. The van der Waals surface area contributed by atoms with Gasteiger partial charge in [-0.25, -0.2) is 4.39 Å². The number of hydrogen-bond acceptors (Lipinski definition) is 5. The van der Waals surface area contributed by atoms with Crippen LogP contribution in [0.1, 0.15) is 23.7 Å². The molecule has 21 heavy (non-hydrogen) atoms. The van der Waals surface area contributed by atoms with Gasteiger partial charge in [-0.3, -0.25) is 19.7 Å². The molecule has 0 saturated carbocycles. The maximum Gasteiger partial charge on any atom is 0.307 e. The average Bonchev–Trinajstić information content (AvgIpc) is 2.40. The van der Waals surface area contributed by atoms with E-state index < -0.39 is 39.7 Å². The fourth-order valence-corrected chi connectivity index (χ4v) is 1.46. The van der Waals surface area contributed by atoms with Crippen molar-refractivity contribution in [2.45, 2.75) is 13.3 Å². The van der Waals surface area contributed by atoms with Crippen LogP contribution in [0.4, 0.5) is 14.5 Å². The van der Waals surface area contributed by atoms with Crippen LogP contribution < -0.4 is 5.32 Å². The van der Waals surface area contributed by atoms with Gasteiger partial charge in [0.2, 0.25) is 5.82 Å². The second-order valence-electron chi connectivity index (χ2n) is 3.85. The molecule has 0 aliphatic carbocycles. The lowest BCUT2D eigenvalue weighted by Gasteiger charge is -2.06. The van der Waals surface area contributed by atoms with Crippen LogP contribution in [-0.4, -0.2) is 30.0 Å². The number of nitrogens with zero attached hydrogens (tertiary/aromatic N) is 1. The summed E-state index contributed by atoms with van der Waals surface area (Å²) in [5.74, 6) is -4.08. The van der Waals surface area contributed by atoms with Crippen LogP contribution in [0, 0.1) is 21.7 Å². The lowest BCUT2D eigenvalue weighted by Crippen LogP contribution is -2.27. The lowest BCUT2D eigenvalue weighted by atomic mass is 10.1. The maximum atomic E-state index is 13.5. The van der Waals surface area contributed by atoms with E-state index in [0.717, 1.165) is 0 Å². The Hall–Kier alpha value is -2.58. The van der Waals surface area contributed by atoms with Crippen molar-refractivity contribution in [1.82, 2.24) is 5.32 Å². The van der Waals surface area contributed by atoms with Crippen LogP contribution in [-0.2, 0) is 9.53 Å². The number of carbonyl (C=O) groups excluding carboxylic acids is 2. The summed E-state index contributed by atoms with van der Waals surface area (Å²) in [6, 6.07) is 0.767. The first-order valence-corrected chi connectivity index (χ1v) is 5.94. The summed E-state index contributed by atoms with van der Waals surface area (Å²) in [6.07, 6.45) is -0.128. The molecule has 0 saturated heterocycles. The molecule has 0 aliphatic heterocycles. The number of benzene rings is 1. The number of nitro groups is 1. The highest BCUT2D eigenvalue weighted by molar-refractivity contribution is 5.94. The summed E-state index contributed by atoms with van der Waals surface area (Å²) in [5.41, 5.74) is -1.74. The second-order valence-corrected chi connectivity index (χ2v) is 3.85. The highest BCUT2D eigenvalue weighted by atomic mass is 19.1. The molecule has 9 heteroatoms. The topological polar surface area (TPSA) is 98.5 Å². The fourth-order valence-electron chi connectivity index (χ4n) is 1.46. The Bertz CT molecular complexity index is 577. The van der Waals surface area contributed by atoms with Gasteiger partial charge in [-0.15, -0.1) is 0 Å². The van der Waals surface area contributed by atoms with E-state index in [4.69, 9.17) is 0 Å². The first kappa shape index (κ1) is 16.5. The van der Waals surface area contributed by atoms with Crippen molar-refractivity contribution in [2.75, 3.05) is 13.2 Å². The summed E-state index contributed by atoms with van der Waals surface area (Å²) in [4.78, 5) is 31.9. The summed E-state index contributed by atoms with van der Waals surface area (Å²) in [6.45, 7) is 1.68. The number of nitrogens with one attached hydrogen (secondary N) is 1. The fraction of sp³-hybridized carbons (Fsp3) is 0.333. The Morgan fingerprint density at radius 1 is 1.33 bits per heavy atom. The van der Waals surface area contributed by atoms with E-state index in [-0.39, 0.29) is 19.6 Å². The number of esters is 1. The van der Waals surface area contributed by atoms with Gasteiger partial charge in [-0.1, -0.05) is 0 Å². The zero-order valence-corrected chi connectivity index (χ0v) is 11.0.